The lowest BCUT2D eigenvalue weighted by molar-refractivity contribution is -0.384. The fourth-order valence-electron chi connectivity index (χ4n) is 3.92. The van der Waals surface area contributed by atoms with Crippen molar-refractivity contribution >= 4 is 39.3 Å². The van der Waals surface area contributed by atoms with Crippen molar-refractivity contribution in [2.45, 2.75) is 31.1 Å². The third-order valence-electron chi connectivity index (χ3n) is 6.04. The number of non-ortho nitro benzene ring substituents is 1. The van der Waals surface area contributed by atoms with Gasteiger partial charge in [0.15, 0.2) is 5.78 Å². The molecule has 0 aromatic heterocycles. The van der Waals surface area contributed by atoms with E-state index in [9.17, 15) is 37.7 Å². The number of imide groups is 1. The number of benzene rings is 3. The minimum Gasteiger partial charge on any atom is -0.379 e. The molecule has 0 aliphatic carbocycles. The van der Waals surface area contributed by atoms with E-state index in [1.54, 1.807) is 12.1 Å². The van der Waals surface area contributed by atoms with Crippen LogP contribution >= 0.6 is 0 Å². The van der Waals surface area contributed by atoms with E-state index in [0.29, 0.717) is 11.4 Å². The van der Waals surface area contributed by atoms with Crippen LogP contribution < -0.4 is 4.18 Å². The van der Waals surface area contributed by atoms with Crippen LogP contribution in [0, 0.1) is 17.0 Å². The van der Waals surface area contributed by atoms with E-state index < -0.39 is 45.1 Å². The number of aryl methyl sites for hydroxylation is 1. The van der Waals surface area contributed by atoms with Crippen molar-refractivity contribution < 1.29 is 36.7 Å². The van der Waals surface area contributed by atoms with Crippen molar-refractivity contribution in [3.8, 4) is 5.75 Å². The number of hydrogen-bond acceptors (Lipinski definition) is 9. The Morgan fingerprint density at radius 3 is 2.00 bits per heavy atom. The van der Waals surface area contributed by atoms with E-state index in [-0.39, 0.29) is 40.3 Å². The summed E-state index contributed by atoms with van der Waals surface area (Å²) < 4.78 is 30.2. The van der Waals surface area contributed by atoms with E-state index in [1.165, 1.54) is 36.4 Å². The van der Waals surface area contributed by atoms with Gasteiger partial charge in [-0.25, -0.2) is 5.01 Å². The average molecular weight is 566 g/mol. The molecule has 1 aliphatic rings. The lowest BCUT2D eigenvalue weighted by Crippen LogP contribution is -2.56. The second-order valence-corrected chi connectivity index (χ2v) is 10.5. The maximum atomic E-state index is 13.3. The Kier molecular flexibility index (Phi) is 8.05. The van der Waals surface area contributed by atoms with Crippen molar-refractivity contribution in [1.82, 2.24) is 10.0 Å². The Bertz CT molecular complexity index is 1570. The molecule has 12 nitrogen and oxygen atoms in total. The molecule has 0 unspecified atom stereocenters. The van der Waals surface area contributed by atoms with Gasteiger partial charge in [-0.1, -0.05) is 17.7 Å². The van der Waals surface area contributed by atoms with E-state index in [2.05, 4.69) is 0 Å². The van der Waals surface area contributed by atoms with E-state index >= 15 is 0 Å². The largest absolute Gasteiger partial charge is 0.379 e. The number of carbonyl (C=O) groups excluding carboxylic acids is 4. The Balaban J connectivity index is 1.56. The molecule has 1 aliphatic heterocycles. The highest BCUT2D eigenvalue weighted by Gasteiger charge is 2.36. The molecular formula is C27H23N3O9S. The summed E-state index contributed by atoms with van der Waals surface area (Å²) in [5, 5.41) is 12.3. The van der Waals surface area contributed by atoms with Gasteiger partial charge < -0.3 is 4.18 Å². The molecule has 3 amide bonds. The lowest BCUT2D eigenvalue weighted by Gasteiger charge is -2.35. The first-order valence-electron chi connectivity index (χ1n) is 12.0. The minimum absolute atomic E-state index is 0.00847. The first kappa shape index (κ1) is 28.1. The molecule has 0 saturated carbocycles. The van der Waals surface area contributed by atoms with Crippen LogP contribution in [0.5, 0.6) is 5.75 Å². The fraction of sp³-hybridized carbons (Fsp3) is 0.185. The molecule has 1 fully saturated rings. The normalized spacial score (nSPS) is 13.6. The van der Waals surface area contributed by atoms with Crippen molar-refractivity contribution in [2.75, 3.05) is 6.54 Å². The van der Waals surface area contributed by atoms with Crippen LogP contribution in [0.4, 0.5) is 5.69 Å². The number of carbonyl (C=O) groups is 4. The average Bonchev–Trinajstić information content (AvgIpc) is 2.92. The first-order chi connectivity index (χ1) is 19.0. The van der Waals surface area contributed by atoms with Crippen LogP contribution in [-0.2, 0) is 19.7 Å². The molecule has 3 aromatic rings. The van der Waals surface area contributed by atoms with Gasteiger partial charge in [0, 0.05) is 36.1 Å². The van der Waals surface area contributed by atoms with Crippen LogP contribution in [0.25, 0.3) is 0 Å². The molecular weight excluding hydrogens is 542 g/mol. The maximum Gasteiger partial charge on any atom is 0.339 e. The summed E-state index contributed by atoms with van der Waals surface area (Å²) in [6, 6.07) is 15.7. The third kappa shape index (κ3) is 6.21. The van der Waals surface area contributed by atoms with Gasteiger partial charge in [-0.2, -0.15) is 13.4 Å². The fourth-order valence-corrected chi connectivity index (χ4v) is 4.85. The SMILES string of the molecule is Cc1ccc(S(=O)(=O)Oc2ccc(C(=O)CN(C(=O)c3ccc([N+](=O)[O-])cc3)N3C(=O)CCCC3=O)cc2)cc1. The molecule has 0 radical (unpaired) electrons. The van der Waals surface area contributed by atoms with Gasteiger partial charge >= 0.3 is 10.1 Å². The van der Waals surface area contributed by atoms with Crippen molar-refractivity contribution in [3.63, 3.8) is 0 Å². The Morgan fingerprint density at radius 1 is 0.900 bits per heavy atom. The number of nitro benzene ring substituents is 1. The summed E-state index contributed by atoms with van der Waals surface area (Å²) >= 11 is 0. The minimum atomic E-state index is -4.12. The molecule has 0 atom stereocenters. The van der Waals surface area contributed by atoms with Gasteiger partial charge in [0.05, 0.1) is 4.92 Å². The number of ketones is 1. The molecule has 0 spiro atoms. The quantitative estimate of drug-likeness (QED) is 0.124. The molecule has 1 heterocycles. The summed E-state index contributed by atoms with van der Waals surface area (Å²) in [5.41, 5.74) is 0.583. The zero-order chi connectivity index (χ0) is 29.0. The van der Waals surface area contributed by atoms with Crippen LogP contribution in [0.1, 0.15) is 45.5 Å². The summed E-state index contributed by atoms with van der Waals surface area (Å²) in [7, 11) is -4.12. The highest BCUT2D eigenvalue weighted by Crippen LogP contribution is 2.22. The van der Waals surface area contributed by atoms with Crippen LogP contribution in [0.3, 0.4) is 0 Å². The van der Waals surface area contributed by atoms with Crippen LogP contribution in [0.15, 0.2) is 77.7 Å². The predicted molar refractivity (Wildman–Crippen MR) is 140 cm³/mol. The first-order valence-corrected chi connectivity index (χ1v) is 13.4. The number of hydrazine groups is 1. The number of amides is 3. The summed E-state index contributed by atoms with van der Waals surface area (Å²) in [4.78, 5) is 61.9. The second kappa shape index (κ2) is 11.5. The van der Waals surface area contributed by atoms with Crippen molar-refractivity contribution in [2.24, 2.45) is 0 Å². The Morgan fingerprint density at radius 2 is 1.45 bits per heavy atom. The molecule has 0 N–H and O–H groups in total. The lowest BCUT2D eigenvalue weighted by atomic mass is 10.1. The maximum absolute atomic E-state index is 13.3. The number of piperidine rings is 1. The van der Waals surface area contributed by atoms with E-state index in [0.717, 1.165) is 34.8 Å². The highest BCUT2D eigenvalue weighted by molar-refractivity contribution is 7.87. The summed E-state index contributed by atoms with van der Waals surface area (Å²) in [6.07, 6.45) is 0.283. The van der Waals surface area contributed by atoms with Crippen molar-refractivity contribution in [3.05, 3.63) is 99.6 Å². The smallest absolute Gasteiger partial charge is 0.339 e. The van der Waals surface area contributed by atoms with Gasteiger partial charge in [-0.05, 0) is 61.9 Å². The molecule has 40 heavy (non-hydrogen) atoms. The monoisotopic (exact) mass is 565 g/mol. The topological polar surface area (TPSA) is 161 Å². The molecule has 3 aromatic carbocycles. The number of nitrogens with zero attached hydrogens (tertiary/aromatic N) is 3. The van der Waals surface area contributed by atoms with Gasteiger partial charge in [0.2, 0.25) is 11.8 Å². The molecule has 206 valence electrons. The van der Waals surface area contributed by atoms with Crippen LogP contribution in [0.2, 0.25) is 0 Å². The van der Waals surface area contributed by atoms with Crippen molar-refractivity contribution in [1.29, 1.82) is 0 Å². The summed E-state index contributed by atoms with van der Waals surface area (Å²) in [6.45, 7) is 1.11. The zero-order valence-corrected chi connectivity index (χ0v) is 22.0. The van der Waals surface area contributed by atoms with E-state index in [1.807, 2.05) is 6.92 Å². The van der Waals surface area contributed by atoms with Gasteiger partial charge in [0.1, 0.15) is 17.2 Å². The van der Waals surface area contributed by atoms with Gasteiger partial charge in [0.25, 0.3) is 11.6 Å². The number of hydrogen-bond donors (Lipinski definition) is 0. The molecule has 13 heteroatoms. The Labute approximate surface area is 229 Å². The standard InChI is InChI=1S/C27H23N3O9S/c1-18-5-15-23(16-6-18)40(37,38)39-22-13-9-19(10-14-22)24(31)17-28(29-25(32)3-2-4-26(29)33)27(34)20-7-11-21(12-8-20)30(35)36/h5-16H,2-4,17H2,1H3. The number of nitro groups is 1. The van der Waals surface area contributed by atoms with Gasteiger partial charge in [-0.15, -0.1) is 0 Å². The highest BCUT2D eigenvalue weighted by atomic mass is 32.2. The number of Topliss-reactive ketones (excluding diaryl/α,β-unsaturated/α-hetero) is 1. The molecule has 4 rings (SSSR count). The second-order valence-electron chi connectivity index (χ2n) is 8.92. The third-order valence-corrected chi connectivity index (χ3v) is 7.30. The zero-order valence-electron chi connectivity index (χ0n) is 21.2. The van der Waals surface area contributed by atoms with E-state index in [4.69, 9.17) is 4.18 Å². The molecule has 0 bridgehead atoms. The summed E-state index contributed by atoms with van der Waals surface area (Å²) in [5.74, 6) is -2.92. The molecule has 1 saturated heterocycles. The number of rotatable bonds is 9. The Hall–Kier alpha value is -4.91. The predicted octanol–water partition coefficient (Wildman–Crippen LogP) is 3.45. The van der Waals surface area contributed by atoms with Crippen LogP contribution in [-0.4, -0.2) is 53.4 Å². The van der Waals surface area contributed by atoms with Gasteiger partial charge in [-0.3, -0.25) is 29.3 Å².